The van der Waals surface area contributed by atoms with Crippen molar-refractivity contribution in [3.05, 3.63) is 23.8 Å². The molecule has 0 spiro atoms. The Morgan fingerprint density at radius 3 is 2.84 bits per heavy atom. The highest BCUT2D eigenvalue weighted by molar-refractivity contribution is 5.97. The summed E-state index contributed by atoms with van der Waals surface area (Å²) in [5.74, 6) is -0.0676. The molecule has 1 fully saturated rings. The number of nitrogens with zero attached hydrogens (tertiary/aromatic N) is 1. The third kappa shape index (κ3) is 3.26. The molecule has 1 aliphatic heterocycles. The summed E-state index contributed by atoms with van der Waals surface area (Å²) in [5, 5.41) is 9.89. The van der Waals surface area contributed by atoms with Crippen LogP contribution in [-0.4, -0.2) is 36.7 Å². The van der Waals surface area contributed by atoms with Crippen molar-refractivity contribution >= 4 is 11.5 Å². The molecule has 0 saturated carbocycles. The minimum atomic E-state index is -0.119. The van der Waals surface area contributed by atoms with Crippen molar-refractivity contribution in [2.45, 2.75) is 32.8 Å². The maximum absolute atomic E-state index is 11.3. The molecule has 0 radical (unpaired) electrons. The van der Waals surface area contributed by atoms with Crippen LogP contribution in [0.3, 0.4) is 0 Å². The molecule has 1 aromatic rings. The molecule has 0 aromatic heterocycles. The van der Waals surface area contributed by atoms with E-state index in [1.54, 1.807) is 12.1 Å². The van der Waals surface area contributed by atoms with Crippen molar-refractivity contribution in [2.24, 2.45) is 0 Å². The third-order valence-corrected chi connectivity index (χ3v) is 3.56. The zero-order valence-corrected chi connectivity index (χ0v) is 11.6. The fourth-order valence-corrected chi connectivity index (χ4v) is 2.47. The molecule has 0 aliphatic carbocycles. The summed E-state index contributed by atoms with van der Waals surface area (Å²) in [4.78, 5) is 13.5. The summed E-state index contributed by atoms with van der Waals surface area (Å²) in [7, 11) is 0. The SMILES string of the molecule is CCN(CC1CCCO1)c1ccc(C(C)=O)c(O)c1. The highest BCUT2D eigenvalue weighted by Crippen LogP contribution is 2.26. The van der Waals surface area contributed by atoms with Crippen LogP contribution in [0.1, 0.15) is 37.0 Å². The highest BCUT2D eigenvalue weighted by Gasteiger charge is 2.19. The van der Waals surface area contributed by atoms with Crippen LogP contribution in [0.25, 0.3) is 0 Å². The zero-order valence-electron chi connectivity index (χ0n) is 11.6. The van der Waals surface area contributed by atoms with Gasteiger partial charge in [-0.15, -0.1) is 0 Å². The van der Waals surface area contributed by atoms with Gasteiger partial charge in [-0.2, -0.15) is 0 Å². The Hall–Kier alpha value is -1.55. The Balaban J connectivity index is 2.13. The highest BCUT2D eigenvalue weighted by atomic mass is 16.5. The van der Waals surface area contributed by atoms with Gasteiger partial charge in [-0.3, -0.25) is 4.79 Å². The minimum absolute atomic E-state index is 0.0517. The van der Waals surface area contributed by atoms with Gasteiger partial charge in [0.25, 0.3) is 0 Å². The number of ether oxygens (including phenoxy) is 1. The second-order valence-electron chi connectivity index (χ2n) is 4.93. The molecule has 0 amide bonds. The first kappa shape index (κ1) is 13.9. The molecule has 4 heteroatoms. The van der Waals surface area contributed by atoms with E-state index in [4.69, 9.17) is 4.74 Å². The van der Waals surface area contributed by atoms with Gasteiger partial charge in [0, 0.05) is 31.5 Å². The quantitative estimate of drug-likeness (QED) is 0.830. The van der Waals surface area contributed by atoms with Crippen molar-refractivity contribution in [3.8, 4) is 5.75 Å². The number of carbonyl (C=O) groups excluding carboxylic acids is 1. The van der Waals surface area contributed by atoms with E-state index in [2.05, 4.69) is 11.8 Å². The lowest BCUT2D eigenvalue weighted by Gasteiger charge is -2.26. The number of hydrogen-bond donors (Lipinski definition) is 1. The second kappa shape index (κ2) is 6.06. The number of ketones is 1. The minimum Gasteiger partial charge on any atom is -0.507 e. The van der Waals surface area contributed by atoms with E-state index in [0.717, 1.165) is 38.2 Å². The summed E-state index contributed by atoms with van der Waals surface area (Å²) >= 11 is 0. The first-order valence-corrected chi connectivity index (χ1v) is 6.82. The fourth-order valence-electron chi connectivity index (χ4n) is 2.47. The van der Waals surface area contributed by atoms with E-state index in [0.29, 0.717) is 5.56 Å². The van der Waals surface area contributed by atoms with E-state index in [1.807, 2.05) is 6.07 Å². The summed E-state index contributed by atoms with van der Waals surface area (Å²) in [6.45, 7) is 6.05. The summed E-state index contributed by atoms with van der Waals surface area (Å²) in [5.41, 5.74) is 1.30. The summed E-state index contributed by atoms with van der Waals surface area (Å²) < 4.78 is 5.64. The monoisotopic (exact) mass is 263 g/mol. The van der Waals surface area contributed by atoms with Crippen LogP contribution in [0.15, 0.2) is 18.2 Å². The Kier molecular flexibility index (Phi) is 4.43. The number of benzene rings is 1. The molecule has 1 aliphatic rings. The zero-order chi connectivity index (χ0) is 13.8. The van der Waals surface area contributed by atoms with E-state index < -0.39 is 0 Å². The maximum Gasteiger partial charge on any atom is 0.163 e. The lowest BCUT2D eigenvalue weighted by molar-refractivity contribution is 0.101. The van der Waals surface area contributed by atoms with E-state index in [-0.39, 0.29) is 17.6 Å². The summed E-state index contributed by atoms with van der Waals surface area (Å²) in [6.07, 6.45) is 2.49. The van der Waals surface area contributed by atoms with Gasteiger partial charge in [0.2, 0.25) is 0 Å². The van der Waals surface area contributed by atoms with Gasteiger partial charge in [-0.05, 0) is 38.8 Å². The van der Waals surface area contributed by atoms with Crippen LogP contribution in [0.5, 0.6) is 5.75 Å². The smallest absolute Gasteiger partial charge is 0.163 e. The molecule has 2 rings (SSSR count). The fraction of sp³-hybridized carbons (Fsp3) is 0.533. The number of anilines is 1. The van der Waals surface area contributed by atoms with Gasteiger partial charge in [0.05, 0.1) is 11.7 Å². The van der Waals surface area contributed by atoms with Gasteiger partial charge in [0.1, 0.15) is 5.75 Å². The van der Waals surface area contributed by atoms with Crippen LogP contribution in [0, 0.1) is 0 Å². The largest absolute Gasteiger partial charge is 0.507 e. The molecule has 1 N–H and O–H groups in total. The van der Waals surface area contributed by atoms with Gasteiger partial charge < -0.3 is 14.7 Å². The van der Waals surface area contributed by atoms with Crippen LogP contribution in [-0.2, 0) is 4.74 Å². The Morgan fingerprint density at radius 1 is 1.53 bits per heavy atom. The number of phenolic OH excluding ortho intramolecular Hbond substituents is 1. The van der Waals surface area contributed by atoms with Crippen molar-refractivity contribution in [3.63, 3.8) is 0 Å². The normalized spacial score (nSPS) is 18.5. The third-order valence-electron chi connectivity index (χ3n) is 3.56. The van der Waals surface area contributed by atoms with Crippen molar-refractivity contribution in [2.75, 3.05) is 24.6 Å². The van der Waals surface area contributed by atoms with Crippen molar-refractivity contribution in [1.29, 1.82) is 0 Å². The Bertz CT molecular complexity index is 453. The molecular weight excluding hydrogens is 242 g/mol. The molecule has 104 valence electrons. The Labute approximate surface area is 114 Å². The number of Topliss-reactive ketones (excluding diaryl/α,β-unsaturated/α-hetero) is 1. The Morgan fingerprint density at radius 2 is 2.32 bits per heavy atom. The van der Waals surface area contributed by atoms with Crippen molar-refractivity contribution in [1.82, 2.24) is 0 Å². The average Bonchev–Trinajstić information content (AvgIpc) is 2.88. The standard InChI is InChI=1S/C15H21NO3/c1-3-16(10-13-5-4-8-19-13)12-6-7-14(11(2)17)15(18)9-12/h6-7,9,13,18H,3-5,8,10H2,1-2H3. The number of aromatic hydroxyl groups is 1. The van der Waals surface area contributed by atoms with Crippen LogP contribution in [0.2, 0.25) is 0 Å². The summed E-state index contributed by atoms with van der Waals surface area (Å²) in [6, 6.07) is 5.23. The maximum atomic E-state index is 11.3. The molecule has 1 heterocycles. The molecule has 1 atom stereocenters. The topological polar surface area (TPSA) is 49.8 Å². The number of hydrogen-bond acceptors (Lipinski definition) is 4. The molecule has 1 unspecified atom stereocenters. The molecule has 19 heavy (non-hydrogen) atoms. The number of likely N-dealkylation sites (N-methyl/N-ethyl adjacent to an activating group) is 1. The lowest BCUT2D eigenvalue weighted by atomic mass is 10.1. The average molecular weight is 263 g/mol. The van der Waals surface area contributed by atoms with E-state index in [1.165, 1.54) is 6.92 Å². The van der Waals surface area contributed by atoms with E-state index in [9.17, 15) is 9.90 Å². The van der Waals surface area contributed by atoms with Gasteiger partial charge in [0.15, 0.2) is 5.78 Å². The first-order chi connectivity index (χ1) is 9.11. The first-order valence-electron chi connectivity index (χ1n) is 6.82. The molecule has 4 nitrogen and oxygen atoms in total. The lowest BCUT2D eigenvalue weighted by Crippen LogP contribution is -2.32. The molecule has 1 aromatic carbocycles. The number of phenols is 1. The van der Waals surface area contributed by atoms with Gasteiger partial charge in [-0.25, -0.2) is 0 Å². The van der Waals surface area contributed by atoms with Crippen LogP contribution < -0.4 is 4.90 Å². The van der Waals surface area contributed by atoms with Gasteiger partial charge in [-0.1, -0.05) is 0 Å². The number of rotatable bonds is 5. The molecule has 0 bridgehead atoms. The number of carbonyl (C=O) groups is 1. The van der Waals surface area contributed by atoms with Gasteiger partial charge >= 0.3 is 0 Å². The molecular formula is C15H21NO3. The second-order valence-corrected chi connectivity index (χ2v) is 4.93. The predicted molar refractivity (Wildman–Crippen MR) is 75.0 cm³/mol. The van der Waals surface area contributed by atoms with Crippen molar-refractivity contribution < 1.29 is 14.6 Å². The van der Waals surface area contributed by atoms with Crippen LogP contribution in [0.4, 0.5) is 5.69 Å². The van der Waals surface area contributed by atoms with E-state index >= 15 is 0 Å². The predicted octanol–water partition coefficient (Wildman–Crippen LogP) is 2.60. The molecule has 1 saturated heterocycles. The van der Waals surface area contributed by atoms with Crippen LogP contribution >= 0.6 is 0 Å².